The Morgan fingerprint density at radius 1 is 1.29 bits per heavy atom. The molecule has 0 aliphatic rings. The van der Waals surface area contributed by atoms with E-state index in [4.69, 9.17) is 9.15 Å². The Kier molecular flexibility index (Phi) is 5.58. The normalized spacial score (nSPS) is 12.1. The Balaban J connectivity index is 1.89. The lowest BCUT2D eigenvalue weighted by Gasteiger charge is -2.12. The fourth-order valence-electron chi connectivity index (χ4n) is 1.94. The van der Waals surface area contributed by atoms with Crippen LogP contribution in [0.1, 0.15) is 36.4 Å². The molecular formula is C17H21NO3. The molecule has 0 saturated heterocycles. The van der Waals surface area contributed by atoms with Crippen molar-refractivity contribution >= 4 is 5.78 Å². The van der Waals surface area contributed by atoms with Crippen molar-refractivity contribution in [2.75, 3.05) is 6.61 Å². The van der Waals surface area contributed by atoms with Crippen LogP contribution in [-0.2, 0) is 6.54 Å². The Bertz CT molecular complexity index is 546. The summed E-state index contributed by atoms with van der Waals surface area (Å²) in [5.74, 6) is 1.67. The van der Waals surface area contributed by atoms with E-state index in [1.807, 2.05) is 31.2 Å². The molecule has 0 spiro atoms. The lowest BCUT2D eigenvalue weighted by Crippen LogP contribution is -2.33. The Morgan fingerprint density at radius 3 is 2.67 bits per heavy atom. The van der Waals surface area contributed by atoms with Crippen LogP contribution >= 0.6 is 0 Å². The highest BCUT2D eigenvalue weighted by Crippen LogP contribution is 2.14. The van der Waals surface area contributed by atoms with Crippen LogP contribution in [0.2, 0.25) is 0 Å². The molecule has 4 heteroatoms. The lowest BCUT2D eigenvalue weighted by molar-refractivity contribution is 0.0949. The lowest BCUT2D eigenvalue weighted by atomic mass is 10.1. The maximum absolute atomic E-state index is 12.3. The van der Waals surface area contributed by atoms with Crippen molar-refractivity contribution in [2.45, 2.75) is 32.9 Å². The van der Waals surface area contributed by atoms with Crippen LogP contribution < -0.4 is 10.1 Å². The van der Waals surface area contributed by atoms with E-state index in [2.05, 4.69) is 12.2 Å². The third-order valence-electron chi connectivity index (χ3n) is 3.17. The van der Waals surface area contributed by atoms with Crippen LogP contribution in [0.3, 0.4) is 0 Å². The van der Waals surface area contributed by atoms with Gasteiger partial charge in [0.1, 0.15) is 11.5 Å². The maximum atomic E-state index is 12.3. The second-order valence-corrected chi connectivity index (χ2v) is 4.92. The molecule has 2 rings (SSSR count). The number of nitrogens with one attached hydrogen (secondary N) is 1. The van der Waals surface area contributed by atoms with Gasteiger partial charge in [0.15, 0.2) is 5.78 Å². The topological polar surface area (TPSA) is 51.5 Å². The van der Waals surface area contributed by atoms with E-state index in [1.54, 1.807) is 18.4 Å². The van der Waals surface area contributed by atoms with Crippen LogP contribution in [0.5, 0.6) is 5.75 Å². The fraction of sp³-hybridized carbons (Fsp3) is 0.353. The molecule has 2 aromatic rings. The summed E-state index contributed by atoms with van der Waals surface area (Å²) in [5, 5.41) is 3.16. The molecule has 1 N–H and O–H groups in total. The summed E-state index contributed by atoms with van der Waals surface area (Å²) in [6.45, 7) is 5.14. The number of furan rings is 1. The molecular weight excluding hydrogens is 266 g/mol. The van der Waals surface area contributed by atoms with Crippen LogP contribution in [0.4, 0.5) is 0 Å². The quantitative estimate of drug-likeness (QED) is 0.756. The van der Waals surface area contributed by atoms with Crippen LogP contribution in [0, 0.1) is 0 Å². The largest absolute Gasteiger partial charge is 0.494 e. The van der Waals surface area contributed by atoms with Crippen molar-refractivity contribution in [3.8, 4) is 5.75 Å². The Morgan fingerprint density at radius 2 is 2.05 bits per heavy atom. The number of ketones is 1. The predicted molar refractivity (Wildman–Crippen MR) is 81.6 cm³/mol. The molecule has 1 heterocycles. The molecule has 4 nitrogen and oxygen atoms in total. The van der Waals surface area contributed by atoms with E-state index < -0.39 is 0 Å². The molecule has 1 aromatic heterocycles. The smallest absolute Gasteiger partial charge is 0.179 e. The summed E-state index contributed by atoms with van der Waals surface area (Å²) < 4.78 is 10.7. The van der Waals surface area contributed by atoms with Gasteiger partial charge in [-0.2, -0.15) is 0 Å². The molecule has 112 valence electrons. The molecule has 0 radical (unpaired) electrons. The van der Waals surface area contributed by atoms with Crippen LogP contribution in [0.15, 0.2) is 47.1 Å². The third-order valence-corrected chi connectivity index (χ3v) is 3.17. The second-order valence-electron chi connectivity index (χ2n) is 4.92. The SMILES string of the molecule is CCCOc1ccc(C(=O)C(C)NCc2ccco2)cc1. The number of rotatable bonds is 8. The third kappa shape index (κ3) is 4.46. The van der Waals surface area contributed by atoms with E-state index >= 15 is 0 Å². The monoisotopic (exact) mass is 287 g/mol. The van der Waals surface area contributed by atoms with Gasteiger partial charge in [-0.05, 0) is 49.7 Å². The average molecular weight is 287 g/mol. The minimum atomic E-state index is -0.266. The molecule has 0 fully saturated rings. The molecule has 0 bridgehead atoms. The number of Topliss-reactive ketones (excluding diaryl/α,β-unsaturated/α-hetero) is 1. The molecule has 0 amide bonds. The Hall–Kier alpha value is -2.07. The summed E-state index contributed by atoms with van der Waals surface area (Å²) in [4.78, 5) is 12.3. The molecule has 0 aliphatic carbocycles. The first-order valence-electron chi connectivity index (χ1n) is 7.23. The van der Waals surface area contributed by atoms with E-state index in [0.717, 1.165) is 17.9 Å². The summed E-state index contributed by atoms with van der Waals surface area (Å²) in [6.07, 6.45) is 2.59. The molecule has 21 heavy (non-hydrogen) atoms. The number of benzene rings is 1. The van der Waals surface area contributed by atoms with E-state index in [-0.39, 0.29) is 11.8 Å². The predicted octanol–water partition coefficient (Wildman–Crippen LogP) is 3.43. The van der Waals surface area contributed by atoms with Crippen LogP contribution in [-0.4, -0.2) is 18.4 Å². The van der Waals surface area contributed by atoms with E-state index in [0.29, 0.717) is 18.7 Å². The Labute approximate surface area is 125 Å². The zero-order valence-electron chi connectivity index (χ0n) is 12.5. The van der Waals surface area contributed by atoms with Gasteiger partial charge in [-0.25, -0.2) is 0 Å². The number of carbonyl (C=O) groups excluding carboxylic acids is 1. The highest BCUT2D eigenvalue weighted by Gasteiger charge is 2.15. The van der Waals surface area contributed by atoms with E-state index in [9.17, 15) is 4.79 Å². The minimum Gasteiger partial charge on any atom is -0.494 e. The zero-order chi connectivity index (χ0) is 15.1. The highest BCUT2D eigenvalue weighted by molar-refractivity contribution is 5.99. The van der Waals surface area contributed by atoms with Crippen molar-refractivity contribution in [3.05, 3.63) is 54.0 Å². The van der Waals surface area contributed by atoms with Crippen molar-refractivity contribution < 1.29 is 13.9 Å². The number of ether oxygens (including phenoxy) is 1. The number of carbonyl (C=O) groups is 1. The molecule has 1 atom stereocenters. The molecule has 1 aromatic carbocycles. The summed E-state index contributed by atoms with van der Waals surface area (Å²) in [7, 11) is 0. The first-order chi connectivity index (χ1) is 10.2. The van der Waals surface area contributed by atoms with Crippen molar-refractivity contribution in [2.24, 2.45) is 0 Å². The fourth-order valence-corrected chi connectivity index (χ4v) is 1.94. The standard InChI is InChI=1S/C17H21NO3/c1-3-10-20-15-8-6-14(7-9-15)17(19)13(2)18-12-16-5-4-11-21-16/h4-9,11,13,18H,3,10,12H2,1-2H3. The summed E-state index contributed by atoms with van der Waals surface area (Å²) >= 11 is 0. The number of hydrogen-bond donors (Lipinski definition) is 1. The molecule has 0 aliphatic heterocycles. The van der Waals surface area contributed by atoms with Gasteiger partial charge in [0.2, 0.25) is 0 Å². The van der Waals surface area contributed by atoms with Gasteiger partial charge in [-0.15, -0.1) is 0 Å². The molecule has 0 saturated carbocycles. The van der Waals surface area contributed by atoms with Crippen LogP contribution in [0.25, 0.3) is 0 Å². The number of hydrogen-bond acceptors (Lipinski definition) is 4. The van der Waals surface area contributed by atoms with Crippen molar-refractivity contribution in [1.82, 2.24) is 5.32 Å². The van der Waals surface area contributed by atoms with Gasteiger partial charge in [0.05, 0.1) is 25.5 Å². The highest BCUT2D eigenvalue weighted by atomic mass is 16.5. The molecule has 1 unspecified atom stereocenters. The minimum absolute atomic E-state index is 0.0589. The van der Waals surface area contributed by atoms with Crippen molar-refractivity contribution in [1.29, 1.82) is 0 Å². The zero-order valence-corrected chi connectivity index (χ0v) is 12.5. The van der Waals surface area contributed by atoms with Gasteiger partial charge in [0.25, 0.3) is 0 Å². The first kappa shape index (κ1) is 15.3. The summed E-state index contributed by atoms with van der Waals surface area (Å²) in [5.41, 5.74) is 0.679. The van der Waals surface area contributed by atoms with Gasteiger partial charge in [0, 0.05) is 5.56 Å². The van der Waals surface area contributed by atoms with E-state index in [1.165, 1.54) is 0 Å². The van der Waals surface area contributed by atoms with Gasteiger partial charge < -0.3 is 14.5 Å². The van der Waals surface area contributed by atoms with Crippen molar-refractivity contribution in [3.63, 3.8) is 0 Å². The second kappa shape index (κ2) is 7.64. The van der Waals surface area contributed by atoms with Gasteiger partial charge >= 0.3 is 0 Å². The average Bonchev–Trinajstić information content (AvgIpc) is 3.04. The van der Waals surface area contributed by atoms with Gasteiger partial charge in [-0.3, -0.25) is 4.79 Å². The van der Waals surface area contributed by atoms with Gasteiger partial charge in [-0.1, -0.05) is 6.92 Å². The maximum Gasteiger partial charge on any atom is 0.179 e. The summed E-state index contributed by atoms with van der Waals surface area (Å²) in [6, 6.07) is 10.7. The first-order valence-corrected chi connectivity index (χ1v) is 7.23.